The maximum absolute atomic E-state index is 9.10. The molecule has 10 heteroatoms. The van der Waals surface area contributed by atoms with Crippen LogP contribution in [0, 0.1) is 22.7 Å². The molecule has 2 unspecified atom stereocenters. The van der Waals surface area contributed by atoms with E-state index in [4.69, 9.17) is 52.7 Å². The molecular weight excluding hydrogens is 407 g/mol. The van der Waals surface area contributed by atoms with E-state index in [0.29, 0.717) is 74.8 Å². The van der Waals surface area contributed by atoms with E-state index in [0.717, 1.165) is 26.2 Å². The van der Waals surface area contributed by atoms with Gasteiger partial charge in [0, 0.05) is 0 Å². The number of morpholine rings is 2. The molecular formula is C18H30Cl2N4O4+2. The lowest BCUT2D eigenvalue weighted by Crippen LogP contribution is -2.57. The number of hydrogen-bond donors (Lipinski definition) is 0. The molecule has 2 aliphatic rings. The first-order valence-corrected chi connectivity index (χ1v) is 10.5. The zero-order valence-corrected chi connectivity index (χ0v) is 17.7. The summed E-state index contributed by atoms with van der Waals surface area (Å²) in [5.74, 6) is 0. The van der Waals surface area contributed by atoms with Gasteiger partial charge in [-0.25, -0.2) is 0 Å². The highest BCUT2D eigenvalue weighted by atomic mass is 35.5. The maximum Gasteiger partial charge on any atom is 0.171 e. The van der Waals surface area contributed by atoms with Crippen molar-refractivity contribution >= 4 is 23.2 Å². The molecule has 0 spiro atoms. The largest absolute Gasteiger partial charge is 0.370 e. The minimum Gasteiger partial charge on any atom is -0.370 e. The quantitative estimate of drug-likeness (QED) is 0.271. The lowest BCUT2D eigenvalue weighted by molar-refractivity contribution is -0.929. The monoisotopic (exact) mass is 436 g/mol. The van der Waals surface area contributed by atoms with Crippen LogP contribution in [0.1, 0.15) is 0 Å². The fraction of sp³-hybridized carbons (Fsp3) is 0.889. The summed E-state index contributed by atoms with van der Waals surface area (Å²) >= 11 is 12.5. The summed E-state index contributed by atoms with van der Waals surface area (Å²) in [4.78, 5) is 0. The number of hydrogen-bond acceptors (Lipinski definition) is 6. The smallest absolute Gasteiger partial charge is 0.171 e. The summed E-state index contributed by atoms with van der Waals surface area (Å²) < 4.78 is 23.4. The van der Waals surface area contributed by atoms with Gasteiger partial charge in [0.25, 0.3) is 0 Å². The van der Waals surface area contributed by atoms with E-state index in [1.807, 2.05) is 0 Å². The molecule has 158 valence electrons. The average molecular weight is 437 g/mol. The highest BCUT2D eigenvalue weighted by Gasteiger charge is 2.32. The normalized spacial score (nSPS) is 23.3. The highest BCUT2D eigenvalue weighted by Crippen LogP contribution is 2.17. The highest BCUT2D eigenvalue weighted by molar-refractivity contribution is 6.28. The summed E-state index contributed by atoms with van der Waals surface area (Å²) in [7, 11) is 0. The van der Waals surface area contributed by atoms with Crippen molar-refractivity contribution in [3.63, 3.8) is 0 Å². The second kappa shape index (κ2) is 12.1. The van der Waals surface area contributed by atoms with Crippen LogP contribution in [-0.4, -0.2) is 112 Å². The number of quaternary nitrogens is 2. The second-order valence-corrected chi connectivity index (χ2v) is 8.19. The number of nitriles is 2. The molecule has 2 atom stereocenters. The maximum atomic E-state index is 9.10. The van der Waals surface area contributed by atoms with Crippen LogP contribution < -0.4 is 0 Å². The first-order chi connectivity index (χ1) is 13.5. The van der Waals surface area contributed by atoms with Gasteiger partial charge in [-0.1, -0.05) is 23.2 Å². The predicted octanol–water partition coefficient (Wildman–Crippen LogP) is 0.891. The average Bonchev–Trinajstić information content (AvgIpc) is 2.69. The fourth-order valence-electron chi connectivity index (χ4n) is 3.55. The Hall–Kier alpha value is -0.680. The van der Waals surface area contributed by atoms with Crippen LogP contribution in [-0.2, 0) is 18.9 Å². The van der Waals surface area contributed by atoms with Crippen molar-refractivity contribution in [2.75, 3.05) is 92.0 Å². The van der Waals surface area contributed by atoms with E-state index in [-0.39, 0.29) is 0 Å². The SMILES string of the molecule is N#CC[N+]1(CCOC(Cl)C(Cl)OCC[N+]2(CC#N)CCOCC2)CCOCC1. The molecule has 2 saturated heterocycles. The first-order valence-electron chi connectivity index (χ1n) is 9.66. The van der Waals surface area contributed by atoms with Crippen LogP contribution >= 0.6 is 23.2 Å². The molecule has 2 aliphatic heterocycles. The zero-order valence-electron chi connectivity index (χ0n) is 16.2. The van der Waals surface area contributed by atoms with Crippen LogP contribution in [0.3, 0.4) is 0 Å². The van der Waals surface area contributed by atoms with Crippen LogP contribution in [0.15, 0.2) is 0 Å². The van der Waals surface area contributed by atoms with Crippen LogP contribution in [0.4, 0.5) is 0 Å². The standard InChI is InChI=1S/C18H30Cl2N4O4/c19-17(27-15-9-23(3-1-21)5-11-25-12-6-23)18(20)28-16-10-24(4-2-22)7-13-26-14-8-24/h17-18H,3-16H2/q+2. The van der Waals surface area contributed by atoms with Gasteiger partial charge in [0.15, 0.2) is 24.2 Å². The molecule has 2 heterocycles. The van der Waals surface area contributed by atoms with E-state index < -0.39 is 11.1 Å². The number of alkyl halides is 2. The van der Waals surface area contributed by atoms with Gasteiger partial charge in [-0.2, -0.15) is 10.5 Å². The van der Waals surface area contributed by atoms with Gasteiger partial charge in [0.05, 0.1) is 39.6 Å². The fourth-order valence-corrected chi connectivity index (χ4v) is 3.87. The van der Waals surface area contributed by atoms with Gasteiger partial charge < -0.3 is 27.9 Å². The zero-order chi connectivity index (χ0) is 20.3. The van der Waals surface area contributed by atoms with Crippen molar-refractivity contribution in [3.05, 3.63) is 0 Å². The van der Waals surface area contributed by atoms with Gasteiger partial charge in [0.1, 0.15) is 51.4 Å². The van der Waals surface area contributed by atoms with Gasteiger partial charge in [-0.15, -0.1) is 0 Å². The topological polar surface area (TPSA) is 84.5 Å². The molecule has 8 nitrogen and oxygen atoms in total. The Bertz CT molecular complexity index is 495. The Morgan fingerprint density at radius 3 is 1.43 bits per heavy atom. The molecule has 2 fully saturated rings. The van der Waals surface area contributed by atoms with Gasteiger partial charge in [-0.3, -0.25) is 0 Å². The first kappa shape index (κ1) is 23.6. The van der Waals surface area contributed by atoms with E-state index >= 15 is 0 Å². The predicted molar refractivity (Wildman–Crippen MR) is 104 cm³/mol. The van der Waals surface area contributed by atoms with Crippen molar-refractivity contribution < 1.29 is 27.9 Å². The van der Waals surface area contributed by atoms with E-state index in [1.165, 1.54) is 0 Å². The molecule has 0 aromatic heterocycles. The van der Waals surface area contributed by atoms with Crippen molar-refractivity contribution in [1.29, 1.82) is 10.5 Å². The minimum atomic E-state index is -0.779. The number of halogens is 2. The Labute approximate surface area is 177 Å². The Kier molecular flexibility index (Phi) is 10.2. The van der Waals surface area contributed by atoms with Gasteiger partial charge in [-0.05, 0) is 0 Å². The van der Waals surface area contributed by atoms with Gasteiger partial charge >= 0.3 is 0 Å². The molecule has 0 aromatic carbocycles. The molecule has 0 aromatic rings. The van der Waals surface area contributed by atoms with E-state index in [9.17, 15) is 0 Å². The van der Waals surface area contributed by atoms with Crippen LogP contribution in [0.5, 0.6) is 0 Å². The molecule has 2 rings (SSSR count). The lowest BCUT2D eigenvalue weighted by atomic mass is 10.3. The molecule has 0 saturated carbocycles. The van der Waals surface area contributed by atoms with Crippen LogP contribution in [0.2, 0.25) is 0 Å². The lowest BCUT2D eigenvalue weighted by Gasteiger charge is -2.39. The molecule has 0 aliphatic carbocycles. The summed E-state index contributed by atoms with van der Waals surface area (Å²) in [5.41, 5.74) is -1.56. The summed E-state index contributed by atoms with van der Waals surface area (Å²) in [6.07, 6.45) is 0. The Morgan fingerprint density at radius 1 is 0.750 bits per heavy atom. The molecule has 28 heavy (non-hydrogen) atoms. The summed E-state index contributed by atoms with van der Waals surface area (Å²) in [6, 6.07) is 4.51. The van der Waals surface area contributed by atoms with Gasteiger partial charge in [0.2, 0.25) is 0 Å². The third kappa shape index (κ3) is 7.29. The minimum absolute atomic E-state index is 0.397. The number of nitrogens with zero attached hydrogens (tertiary/aromatic N) is 4. The van der Waals surface area contributed by atoms with Crippen LogP contribution in [0.25, 0.3) is 0 Å². The third-order valence-electron chi connectivity index (χ3n) is 5.54. The van der Waals surface area contributed by atoms with E-state index in [2.05, 4.69) is 12.1 Å². The molecule has 0 amide bonds. The molecule has 0 bridgehead atoms. The molecule has 0 N–H and O–H groups in total. The van der Waals surface area contributed by atoms with Crippen molar-refractivity contribution in [2.45, 2.75) is 11.1 Å². The Balaban J connectivity index is 1.69. The van der Waals surface area contributed by atoms with E-state index in [1.54, 1.807) is 0 Å². The van der Waals surface area contributed by atoms with Crippen molar-refractivity contribution in [3.8, 4) is 12.1 Å². The Morgan fingerprint density at radius 2 is 1.11 bits per heavy atom. The van der Waals surface area contributed by atoms with Crippen molar-refractivity contribution in [1.82, 2.24) is 0 Å². The summed E-state index contributed by atoms with van der Waals surface area (Å²) in [6.45, 7) is 8.84. The number of ether oxygens (including phenoxy) is 4. The second-order valence-electron chi connectivity index (χ2n) is 7.33. The van der Waals surface area contributed by atoms with Crippen molar-refractivity contribution in [2.24, 2.45) is 0 Å². The summed E-state index contributed by atoms with van der Waals surface area (Å²) in [5, 5.41) is 18.2. The number of rotatable bonds is 11. The molecule has 0 radical (unpaired) electrons. The third-order valence-corrected chi connectivity index (χ3v) is 6.38.